The Balaban J connectivity index is 1.62. The van der Waals surface area contributed by atoms with Crippen LogP contribution in [0.1, 0.15) is 44.8 Å². The zero-order valence-electron chi connectivity index (χ0n) is 16.5. The third kappa shape index (κ3) is 4.79. The highest BCUT2D eigenvalue weighted by molar-refractivity contribution is 7.99. The van der Waals surface area contributed by atoms with Crippen molar-refractivity contribution in [2.24, 2.45) is 7.05 Å². The van der Waals surface area contributed by atoms with Gasteiger partial charge in [0.25, 0.3) is 5.89 Å². The van der Waals surface area contributed by atoms with Gasteiger partial charge in [0.15, 0.2) is 5.16 Å². The van der Waals surface area contributed by atoms with Gasteiger partial charge in [-0.05, 0) is 17.9 Å². The molecule has 0 atom stereocenters. The second-order valence-corrected chi connectivity index (χ2v) is 8.53. The zero-order valence-corrected chi connectivity index (χ0v) is 18.1. The molecule has 150 valence electrons. The van der Waals surface area contributed by atoms with Crippen molar-refractivity contribution < 1.29 is 9.21 Å². The van der Waals surface area contributed by atoms with Crippen LogP contribution in [0.5, 0.6) is 0 Å². The first-order valence-electron chi connectivity index (χ1n) is 9.15. The van der Waals surface area contributed by atoms with E-state index in [0.29, 0.717) is 24.9 Å². The summed E-state index contributed by atoms with van der Waals surface area (Å²) in [5.74, 6) is 2.42. The maximum Gasteiger partial charge on any atom is 0.257 e. The van der Waals surface area contributed by atoms with Crippen molar-refractivity contribution >= 4 is 29.0 Å². The number of hydrogen-bond donors (Lipinski definition) is 0. The van der Waals surface area contributed by atoms with Crippen LogP contribution in [-0.2, 0) is 18.4 Å². The second kappa shape index (κ2) is 9.33. The predicted octanol–water partition coefficient (Wildman–Crippen LogP) is 3.58. The molecule has 0 saturated carbocycles. The molecule has 0 N–H and O–H groups in total. The molecule has 3 heterocycles. The topological polar surface area (TPSA) is 89.9 Å². The number of nitrogens with zero attached hydrogens (tertiary/aromatic N) is 6. The number of thiophene rings is 1. The van der Waals surface area contributed by atoms with E-state index in [0.717, 1.165) is 22.3 Å². The number of thioether (sulfide) groups is 1. The number of rotatable bonds is 9. The summed E-state index contributed by atoms with van der Waals surface area (Å²) in [4.78, 5) is 15.4. The molecular formula is C18H24N6O2S2. The van der Waals surface area contributed by atoms with Crippen LogP contribution < -0.4 is 0 Å². The lowest BCUT2D eigenvalue weighted by molar-refractivity contribution is -0.129. The summed E-state index contributed by atoms with van der Waals surface area (Å²) in [6.07, 6.45) is 0.851. The quantitative estimate of drug-likeness (QED) is 0.489. The van der Waals surface area contributed by atoms with Crippen molar-refractivity contribution in [3.05, 3.63) is 29.2 Å². The number of amides is 1. The fourth-order valence-corrected chi connectivity index (χ4v) is 4.18. The smallest absolute Gasteiger partial charge is 0.257 e. The molecule has 0 radical (unpaired) electrons. The van der Waals surface area contributed by atoms with E-state index in [1.165, 1.54) is 11.8 Å². The van der Waals surface area contributed by atoms with Gasteiger partial charge in [0.2, 0.25) is 11.8 Å². The van der Waals surface area contributed by atoms with E-state index in [-0.39, 0.29) is 17.6 Å². The molecule has 3 aromatic heterocycles. The van der Waals surface area contributed by atoms with Gasteiger partial charge in [-0.15, -0.1) is 31.7 Å². The number of carbonyl (C=O) groups excluding carboxylic acids is 1. The third-order valence-electron chi connectivity index (χ3n) is 4.08. The molecule has 0 spiro atoms. The molecule has 3 rings (SSSR count). The van der Waals surface area contributed by atoms with Crippen LogP contribution in [-0.4, -0.2) is 48.1 Å². The molecule has 0 unspecified atom stereocenters. The third-order valence-corrected chi connectivity index (χ3v) is 5.94. The van der Waals surface area contributed by atoms with E-state index in [1.54, 1.807) is 16.2 Å². The van der Waals surface area contributed by atoms with Gasteiger partial charge in [0.05, 0.1) is 17.2 Å². The fourth-order valence-electron chi connectivity index (χ4n) is 2.71. The van der Waals surface area contributed by atoms with Gasteiger partial charge in [0.1, 0.15) is 5.82 Å². The van der Waals surface area contributed by atoms with E-state index in [4.69, 9.17) is 4.42 Å². The monoisotopic (exact) mass is 420 g/mol. The van der Waals surface area contributed by atoms with Crippen LogP contribution in [0.2, 0.25) is 0 Å². The lowest BCUT2D eigenvalue weighted by Gasteiger charge is -2.19. The van der Waals surface area contributed by atoms with Crippen LogP contribution in [0.3, 0.4) is 0 Å². The van der Waals surface area contributed by atoms with E-state index in [1.807, 2.05) is 36.1 Å². The van der Waals surface area contributed by atoms with Crippen LogP contribution in [0.25, 0.3) is 10.8 Å². The lowest BCUT2D eigenvalue weighted by Crippen LogP contribution is -2.32. The van der Waals surface area contributed by atoms with Crippen molar-refractivity contribution in [3.63, 3.8) is 0 Å². The highest BCUT2D eigenvalue weighted by Gasteiger charge is 2.20. The Morgan fingerprint density at radius 2 is 2.14 bits per heavy atom. The van der Waals surface area contributed by atoms with Crippen molar-refractivity contribution in [1.29, 1.82) is 0 Å². The molecule has 0 bridgehead atoms. The fraction of sp³-hybridized carbons (Fsp3) is 0.500. The van der Waals surface area contributed by atoms with Crippen molar-refractivity contribution in [2.75, 3.05) is 12.3 Å². The Morgan fingerprint density at radius 1 is 1.32 bits per heavy atom. The lowest BCUT2D eigenvalue weighted by atomic mass is 10.2. The predicted molar refractivity (Wildman–Crippen MR) is 109 cm³/mol. The molecule has 28 heavy (non-hydrogen) atoms. The normalized spacial score (nSPS) is 11.3. The average molecular weight is 421 g/mol. The summed E-state index contributed by atoms with van der Waals surface area (Å²) in [6, 6.07) is 3.87. The Labute approximate surface area is 172 Å². The maximum absolute atomic E-state index is 12.8. The molecule has 8 nitrogen and oxygen atoms in total. The zero-order chi connectivity index (χ0) is 20.1. The molecule has 0 aliphatic rings. The van der Waals surface area contributed by atoms with Crippen LogP contribution in [0.15, 0.2) is 27.1 Å². The highest BCUT2D eigenvalue weighted by atomic mass is 32.2. The summed E-state index contributed by atoms with van der Waals surface area (Å²) in [5, 5.41) is 19.3. The molecule has 3 aromatic rings. The van der Waals surface area contributed by atoms with Gasteiger partial charge in [-0.25, -0.2) is 0 Å². The molecule has 0 aliphatic carbocycles. The molecule has 1 amide bonds. The van der Waals surface area contributed by atoms with Gasteiger partial charge in [0, 0.05) is 19.5 Å². The average Bonchev–Trinajstić information content (AvgIpc) is 3.40. The van der Waals surface area contributed by atoms with Gasteiger partial charge >= 0.3 is 0 Å². The number of hydrogen-bond acceptors (Lipinski definition) is 8. The van der Waals surface area contributed by atoms with Crippen molar-refractivity contribution in [2.45, 2.75) is 44.8 Å². The van der Waals surface area contributed by atoms with Crippen molar-refractivity contribution in [1.82, 2.24) is 29.9 Å². The van der Waals surface area contributed by atoms with E-state index >= 15 is 0 Å². The summed E-state index contributed by atoms with van der Waals surface area (Å²) in [5.41, 5.74) is 0. The van der Waals surface area contributed by atoms with Crippen molar-refractivity contribution in [3.8, 4) is 10.8 Å². The minimum absolute atomic E-state index is 0.0109. The minimum atomic E-state index is 0.0109. The highest BCUT2D eigenvalue weighted by Crippen LogP contribution is 2.24. The Bertz CT molecular complexity index is 903. The first kappa shape index (κ1) is 20.5. The Hall–Kier alpha value is -2.20. The largest absolute Gasteiger partial charge is 0.418 e. The van der Waals surface area contributed by atoms with Crippen LogP contribution in [0, 0.1) is 0 Å². The standard InChI is InChI=1S/C18H24N6O2S2/c1-5-8-24(10-14-19-21-17(26-14)13-7-6-9-27-13)15(25)11-28-18-22-20-16(12(2)3)23(18)4/h6-7,9,12H,5,8,10-11H2,1-4H3. The molecule has 0 aromatic carbocycles. The first-order chi connectivity index (χ1) is 13.5. The van der Waals surface area contributed by atoms with Gasteiger partial charge < -0.3 is 13.9 Å². The second-order valence-electron chi connectivity index (χ2n) is 6.64. The summed E-state index contributed by atoms with van der Waals surface area (Å²) < 4.78 is 7.67. The van der Waals surface area contributed by atoms with Gasteiger partial charge in [-0.3, -0.25) is 4.79 Å². The van der Waals surface area contributed by atoms with Gasteiger partial charge in [-0.1, -0.05) is 38.6 Å². The van der Waals surface area contributed by atoms with Crippen LogP contribution in [0.4, 0.5) is 0 Å². The summed E-state index contributed by atoms with van der Waals surface area (Å²) in [7, 11) is 1.93. The summed E-state index contributed by atoms with van der Waals surface area (Å²) in [6.45, 7) is 7.12. The summed E-state index contributed by atoms with van der Waals surface area (Å²) >= 11 is 2.94. The molecule has 10 heteroatoms. The Morgan fingerprint density at radius 3 is 2.79 bits per heavy atom. The van der Waals surface area contributed by atoms with E-state index in [9.17, 15) is 4.79 Å². The van der Waals surface area contributed by atoms with Crippen LogP contribution >= 0.6 is 23.1 Å². The SMILES string of the molecule is CCCN(Cc1nnc(-c2cccs2)o1)C(=O)CSc1nnc(C(C)C)n1C. The number of carbonyl (C=O) groups is 1. The van der Waals surface area contributed by atoms with E-state index < -0.39 is 0 Å². The molecule has 0 saturated heterocycles. The van der Waals surface area contributed by atoms with E-state index in [2.05, 4.69) is 34.2 Å². The minimum Gasteiger partial charge on any atom is -0.418 e. The maximum atomic E-state index is 12.8. The van der Waals surface area contributed by atoms with Gasteiger partial charge in [-0.2, -0.15) is 0 Å². The Kier molecular flexibility index (Phi) is 6.84. The first-order valence-corrected chi connectivity index (χ1v) is 11.0. The molecule has 0 fully saturated rings. The molecule has 0 aliphatic heterocycles. The number of aromatic nitrogens is 5. The molecular weight excluding hydrogens is 396 g/mol.